The fraction of sp³-hybridized carbons (Fsp3) is 0.133. The summed E-state index contributed by atoms with van der Waals surface area (Å²) in [7, 11) is 0. The Hall–Kier alpha value is -2.11. The first-order valence-electron chi connectivity index (χ1n) is 5.57. The summed E-state index contributed by atoms with van der Waals surface area (Å²) in [6.45, 7) is 1.96. The van der Waals surface area contributed by atoms with Crippen LogP contribution in [0.15, 0.2) is 48.5 Å². The normalized spacial score (nSPS) is 11.8. The van der Waals surface area contributed by atoms with E-state index in [4.69, 9.17) is 11.0 Å². The van der Waals surface area contributed by atoms with Crippen LogP contribution in [0.5, 0.6) is 0 Å². The molecular formula is C15H14N2. The van der Waals surface area contributed by atoms with E-state index in [2.05, 4.69) is 6.07 Å². The number of nitriles is 1. The van der Waals surface area contributed by atoms with E-state index in [-0.39, 0.29) is 6.04 Å². The van der Waals surface area contributed by atoms with Crippen LogP contribution in [-0.4, -0.2) is 0 Å². The van der Waals surface area contributed by atoms with E-state index in [1.165, 1.54) is 0 Å². The molecule has 0 aliphatic rings. The summed E-state index contributed by atoms with van der Waals surface area (Å²) in [6.07, 6.45) is 0. The van der Waals surface area contributed by atoms with Crippen molar-refractivity contribution in [2.45, 2.75) is 13.0 Å². The van der Waals surface area contributed by atoms with Crippen LogP contribution < -0.4 is 5.73 Å². The Bertz CT molecular complexity index is 548. The maximum absolute atomic E-state index is 8.86. The molecule has 2 aromatic carbocycles. The van der Waals surface area contributed by atoms with Gasteiger partial charge in [-0.15, -0.1) is 0 Å². The van der Waals surface area contributed by atoms with Crippen LogP contribution in [0, 0.1) is 11.3 Å². The number of hydrogen-bond donors (Lipinski definition) is 1. The highest BCUT2D eigenvalue weighted by atomic mass is 14.6. The molecule has 0 fully saturated rings. The van der Waals surface area contributed by atoms with Crippen LogP contribution in [0.2, 0.25) is 0 Å². The van der Waals surface area contributed by atoms with Gasteiger partial charge in [-0.1, -0.05) is 36.4 Å². The van der Waals surface area contributed by atoms with Crippen LogP contribution in [0.4, 0.5) is 0 Å². The van der Waals surface area contributed by atoms with Gasteiger partial charge in [0.2, 0.25) is 0 Å². The van der Waals surface area contributed by atoms with E-state index in [1.54, 1.807) is 6.07 Å². The second-order valence-electron chi connectivity index (χ2n) is 4.10. The van der Waals surface area contributed by atoms with E-state index in [0.29, 0.717) is 5.56 Å². The molecule has 0 amide bonds. The number of nitrogens with two attached hydrogens (primary N) is 1. The minimum Gasteiger partial charge on any atom is -0.324 e. The van der Waals surface area contributed by atoms with Gasteiger partial charge < -0.3 is 5.73 Å². The molecular weight excluding hydrogens is 208 g/mol. The molecule has 0 aliphatic heterocycles. The minimum atomic E-state index is 0.0505. The van der Waals surface area contributed by atoms with Crippen molar-refractivity contribution in [1.29, 1.82) is 5.26 Å². The zero-order valence-corrected chi connectivity index (χ0v) is 9.72. The predicted molar refractivity (Wildman–Crippen MR) is 69.2 cm³/mol. The van der Waals surface area contributed by atoms with E-state index >= 15 is 0 Å². The maximum atomic E-state index is 8.86. The Morgan fingerprint density at radius 1 is 1.06 bits per heavy atom. The third kappa shape index (κ3) is 2.52. The zero-order valence-electron chi connectivity index (χ0n) is 9.72. The van der Waals surface area contributed by atoms with Gasteiger partial charge in [-0.3, -0.25) is 0 Å². The van der Waals surface area contributed by atoms with Gasteiger partial charge in [0.05, 0.1) is 11.6 Å². The summed E-state index contributed by atoms with van der Waals surface area (Å²) in [6, 6.07) is 17.9. The molecule has 0 spiro atoms. The van der Waals surface area contributed by atoms with E-state index in [1.807, 2.05) is 49.4 Å². The molecule has 2 aromatic rings. The zero-order chi connectivity index (χ0) is 12.3. The van der Waals surface area contributed by atoms with Gasteiger partial charge in [-0.25, -0.2) is 0 Å². The summed E-state index contributed by atoms with van der Waals surface area (Å²) >= 11 is 0. The largest absolute Gasteiger partial charge is 0.324 e. The Balaban J connectivity index is 2.37. The van der Waals surface area contributed by atoms with Crippen molar-refractivity contribution in [3.8, 4) is 17.2 Å². The summed E-state index contributed by atoms with van der Waals surface area (Å²) in [5, 5.41) is 8.86. The second-order valence-corrected chi connectivity index (χ2v) is 4.10. The SMILES string of the molecule is CC(N)c1ccc(-c2cccc(C#N)c2)cc1. The van der Waals surface area contributed by atoms with Crippen LogP contribution in [-0.2, 0) is 0 Å². The van der Waals surface area contributed by atoms with Crippen molar-refractivity contribution in [2.75, 3.05) is 0 Å². The standard InChI is InChI=1S/C15H14N2/c1-11(17)13-5-7-14(8-6-13)15-4-2-3-12(9-15)10-16/h2-9,11H,17H2,1H3. The van der Waals surface area contributed by atoms with Crippen molar-refractivity contribution in [3.05, 3.63) is 59.7 Å². The first kappa shape index (κ1) is 11.4. The van der Waals surface area contributed by atoms with Crippen molar-refractivity contribution in [2.24, 2.45) is 5.73 Å². The highest BCUT2D eigenvalue weighted by Gasteiger charge is 2.01. The van der Waals surface area contributed by atoms with Crippen LogP contribution >= 0.6 is 0 Å². The lowest BCUT2D eigenvalue weighted by Gasteiger charge is -2.07. The van der Waals surface area contributed by atoms with Crippen LogP contribution in [0.1, 0.15) is 24.1 Å². The lowest BCUT2D eigenvalue weighted by atomic mass is 10.0. The molecule has 0 radical (unpaired) electrons. The van der Waals surface area contributed by atoms with E-state index in [0.717, 1.165) is 16.7 Å². The minimum absolute atomic E-state index is 0.0505. The molecule has 2 heteroatoms. The van der Waals surface area contributed by atoms with Crippen LogP contribution in [0.25, 0.3) is 11.1 Å². The fourth-order valence-electron chi connectivity index (χ4n) is 1.75. The molecule has 17 heavy (non-hydrogen) atoms. The molecule has 0 aromatic heterocycles. The molecule has 0 saturated carbocycles. The first-order valence-corrected chi connectivity index (χ1v) is 5.57. The summed E-state index contributed by atoms with van der Waals surface area (Å²) < 4.78 is 0. The number of benzene rings is 2. The third-order valence-corrected chi connectivity index (χ3v) is 2.76. The van der Waals surface area contributed by atoms with Gasteiger partial charge in [-0.05, 0) is 35.7 Å². The summed E-state index contributed by atoms with van der Waals surface area (Å²) in [5.74, 6) is 0. The van der Waals surface area contributed by atoms with Crippen LogP contribution in [0.3, 0.4) is 0 Å². The summed E-state index contributed by atoms with van der Waals surface area (Å²) in [5.41, 5.74) is 9.76. The number of hydrogen-bond acceptors (Lipinski definition) is 2. The summed E-state index contributed by atoms with van der Waals surface area (Å²) in [4.78, 5) is 0. The number of rotatable bonds is 2. The van der Waals surface area contributed by atoms with Crippen molar-refractivity contribution in [3.63, 3.8) is 0 Å². The Kier molecular flexibility index (Phi) is 3.22. The van der Waals surface area contributed by atoms with Gasteiger partial charge in [-0.2, -0.15) is 5.26 Å². The average Bonchev–Trinajstić information content (AvgIpc) is 2.39. The quantitative estimate of drug-likeness (QED) is 0.848. The smallest absolute Gasteiger partial charge is 0.0991 e. The van der Waals surface area contributed by atoms with Crippen molar-refractivity contribution in [1.82, 2.24) is 0 Å². The van der Waals surface area contributed by atoms with Gasteiger partial charge in [0.25, 0.3) is 0 Å². The molecule has 2 N–H and O–H groups in total. The van der Waals surface area contributed by atoms with Gasteiger partial charge in [0, 0.05) is 6.04 Å². The molecule has 0 saturated heterocycles. The molecule has 0 aliphatic carbocycles. The van der Waals surface area contributed by atoms with Gasteiger partial charge >= 0.3 is 0 Å². The molecule has 0 bridgehead atoms. The Labute approximate surface area is 101 Å². The lowest BCUT2D eigenvalue weighted by molar-refractivity contribution is 0.818. The molecule has 84 valence electrons. The molecule has 0 heterocycles. The van der Waals surface area contributed by atoms with E-state index in [9.17, 15) is 0 Å². The molecule has 2 nitrogen and oxygen atoms in total. The maximum Gasteiger partial charge on any atom is 0.0991 e. The van der Waals surface area contributed by atoms with Crippen molar-refractivity contribution < 1.29 is 0 Å². The molecule has 1 atom stereocenters. The predicted octanol–water partition coefficient (Wildman–Crippen LogP) is 3.24. The van der Waals surface area contributed by atoms with Gasteiger partial charge in [0.15, 0.2) is 0 Å². The molecule has 1 unspecified atom stereocenters. The third-order valence-electron chi connectivity index (χ3n) is 2.76. The van der Waals surface area contributed by atoms with Gasteiger partial charge in [0.1, 0.15) is 0 Å². The average molecular weight is 222 g/mol. The first-order chi connectivity index (χ1) is 8.20. The topological polar surface area (TPSA) is 49.8 Å². The Morgan fingerprint density at radius 3 is 2.35 bits per heavy atom. The second kappa shape index (κ2) is 4.82. The molecule has 2 rings (SSSR count). The highest BCUT2D eigenvalue weighted by molar-refractivity contribution is 5.65. The lowest BCUT2D eigenvalue weighted by Crippen LogP contribution is -2.04. The Morgan fingerprint density at radius 2 is 1.76 bits per heavy atom. The van der Waals surface area contributed by atoms with Crippen molar-refractivity contribution >= 4 is 0 Å². The monoisotopic (exact) mass is 222 g/mol. The van der Waals surface area contributed by atoms with E-state index < -0.39 is 0 Å². The fourth-order valence-corrected chi connectivity index (χ4v) is 1.75. The highest BCUT2D eigenvalue weighted by Crippen LogP contribution is 2.22. The number of nitrogens with zero attached hydrogens (tertiary/aromatic N) is 1.